The molecule has 10 heteroatoms. The Hall–Kier alpha value is -2.75. The highest BCUT2D eigenvalue weighted by atomic mass is 35.5. The third-order valence-electron chi connectivity index (χ3n) is 5.37. The number of anilines is 1. The van der Waals surface area contributed by atoms with Crippen LogP contribution < -0.4 is 5.32 Å². The van der Waals surface area contributed by atoms with Crippen molar-refractivity contribution in [2.45, 2.75) is 24.7 Å². The smallest absolute Gasteiger partial charge is 0.243 e. The number of halogens is 1. The molecule has 1 aliphatic heterocycles. The predicted molar refractivity (Wildman–Crippen MR) is 118 cm³/mol. The molecule has 1 fully saturated rings. The van der Waals surface area contributed by atoms with Gasteiger partial charge in [0.25, 0.3) is 0 Å². The van der Waals surface area contributed by atoms with Crippen molar-refractivity contribution in [2.24, 2.45) is 5.92 Å². The molecule has 1 amide bonds. The highest BCUT2D eigenvalue weighted by molar-refractivity contribution is 7.89. The standard InChI is InChI=1S/C21H22ClN5O3S/c1-15-2-5-18(6-3-15)31(29,30)26-10-8-16(9-11-26)21(28)25-19-12-17(22)4-7-20(19)27-14-23-13-24-27/h2-7,12-14,16H,8-11H2,1H3,(H,25,28). The average Bonchev–Trinajstić information content (AvgIpc) is 3.29. The summed E-state index contributed by atoms with van der Waals surface area (Å²) in [6.45, 7) is 2.49. The van der Waals surface area contributed by atoms with Gasteiger partial charge in [-0.2, -0.15) is 9.40 Å². The molecule has 2 heterocycles. The minimum Gasteiger partial charge on any atom is -0.324 e. The number of benzene rings is 2. The third-order valence-corrected chi connectivity index (χ3v) is 7.51. The molecule has 0 radical (unpaired) electrons. The number of carbonyl (C=O) groups is 1. The molecular weight excluding hydrogens is 438 g/mol. The Labute approximate surface area is 185 Å². The maximum absolute atomic E-state index is 12.9. The van der Waals surface area contributed by atoms with Gasteiger partial charge in [-0.05, 0) is 50.1 Å². The van der Waals surface area contributed by atoms with Gasteiger partial charge in [0.2, 0.25) is 15.9 Å². The number of rotatable bonds is 5. The van der Waals surface area contributed by atoms with Crippen LogP contribution in [-0.2, 0) is 14.8 Å². The molecular formula is C21H22ClN5O3S. The lowest BCUT2D eigenvalue weighted by atomic mass is 9.97. The van der Waals surface area contributed by atoms with Gasteiger partial charge in [0.15, 0.2) is 0 Å². The highest BCUT2D eigenvalue weighted by Gasteiger charge is 2.32. The van der Waals surface area contributed by atoms with Crippen LogP contribution >= 0.6 is 11.6 Å². The molecule has 1 aliphatic rings. The zero-order valence-electron chi connectivity index (χ0n) is 16.9. The van der Waals surface area contributed by atoms with Gasteiger partial charge in [0, 0.05) is 24.0 Å². The van der Waals surface area contributed by atoms with Gasteiger partial charge in [-0.3, -0.25) is 4.79 Å². The molecule has 8 nitrogen and oxygen atoms in total. The van der Waals surface area contributed by atoms with E-state index in [0.717, 1.165) is 5.56 Å². The predicted octanol–water partition coefficient (Wildman–Crippen LogP) is 3.27. The summed E-state index contributed by atoms with van der Waals surface area (Å²) in [5.74, 6) is -0.469. The molecule has 0 bridgehead atoms. The number of aromatic nitrogens is 3. The number of amides is 1. The molecule has 3 aromatic rings. The minimum atomic E-state index is -3.56. The fourth-order valence-electron chi connectivity index (χ4n) is 3.59. The number of aryl methyl sites for hydroxylation is 1. The Morgan fingerprint density at radius 3 is 2.48 bits per heavy atom. The topological polar surface area (TPSA) is 97.2 Å². The molecule has 1 aromatic heterocycles. The number of piperidine rings is 1. The first-order valence-electron chi connectivity index (χ1n) is 9.87. The summed E-state index contributed by atoms with van der Waals surface area (Å²) in [5, 5.41) is 7.51. The number of sulfonamides is 1. The summed E-state index contributed by atoms with van der Waals surface area (Å²) >= 11 is 6.11. The van der Waals surface area contributed by atoms with Gasteiger partial charge in [-0.25, -0.2) is 18.1 Å². The van der Waals surface area contributed by atoms with E-state index in [0.29, 0.717) is 42.3 Å². The maximum atomic E-state index is 12.9. The normalized spacial score (nSPS) is 15.7. The van der Waals surface area contributed by atoms with Gasteiger partial charge >= 0.3 is 0 Å². The van der Waals surface area contributed by atoms with Crippen molar-refractivity contribution < 1.29 is 13.2 Å². The van der Waals surface area contributed by atoms with Crippen molar-refractivity contribution in [1.82, 2.24) is 19.1 Å². The molecule has 0 saturated carbocycles. The van der Waals surface area contributed by atoms with E-state index < -0.39 is 10.0 Å². The summed E-state index contributed by atoms with van der Waals surface area (Å²) in [4.78, 5) is 17.1. The van der Waals surface area contributed by atoms with Crippen LogP contribution in [0.2, 0.25) is 5.02 Å². The summed E-state index contributed by atoms with van der Waals surface area (Å²) in [6, 6.07) is 11.9. The maximum Gasteiger partial charge on any atom is 0.243 e. The first-order valence-corrected chi connectivity index (χ1v) is 11.7. The van der Waals surface area contributed by atoms with E-state index in [1.54, 1.807) is 47.1 Å². The van der Waals surface area contributed by atoms with Crippen LogP contribution in [0.25, 0.3) is 5.69 Å². The lowest BCUT2D eigenvalue weighted by Crippen LogP contribution is -2.41. The average molecular weight is 460 g/mol. The Morgan fingerprint density at radius 2 is 1.84 bits per heavy atom. The van der Waals surface area contributed by atoms with E-state index in [1.165, 1.54) is 17.0 Å². The second-order valence-corrected chi connectivity index (χ2v) is 9.86. The van der Waals surface area contributed by atoms with Gasteiger partial charge in [0.1, 0.15) is 12.7 Å². The van der Waals surface area contributed by atoms with Gasteiger partial charge < -0.3 is 5.32 Å². The van der Waals surface area contributed by atoms with E-state index in [2.05, 4.69) is 15.4 Å². The van der Waals surface area contributed by atoms with Crippen LogP contribution in [-0.4, -0.2) is 46.5 Å². The molecule has 0 aliphatic carbocycles. The lowest BCUT2D eigenvalue weighted by molar-refractivity contribution is -0.120. The van der Waals surface area contributed by atoms with Crippen LogP contribution in [0.4, 0.5) is 5.69 Å². The molecule has 0 atom stereocenters. The zero-order valence-corrected chi connectivity index (χ0v) is 18.5. The fraction of sp³-hybridized carbons (Fsp3) is 0.286. The van der Waals surface area contributed by atoms with Crippen LogP contribution in [0.5, 0.6) is 0 Å². The lowest BCUT2D eigenvalue weighted by Gasteiger charge is -2.30. The van der Waals surface area contributed by atoms with Gasteiger partial charge in [-0.1, -0.05) is 29.3 Å². The Kier molecular flexibility index (Phi) is 6.08. The summed E-state index contributed by atoms with van der Waals surface area (Å²) < 4.78 is 28.7. The molecule has 1 saturated heterocycles. The van der Waals surface area contributed by atoms with E-state index in [4.69, 9.17) is 11.6 Å². The molecule has 4 rings (SSSR count). The van der Waals surface area contributed by atoms with E-state index in [9.17, 15) is 13.2 Å². The summed E-state index contributed by atoms with van der Waals surface area (Å²) in [5.41, 5.74) is 2.17. The van der Waals surface area contributed by atoms with Crippen molar-refractivity contribution in [3.05, 3.63) is 65.7 Å². The number of hydrogen-bond acceptors (Lipinski definition) is 5. The SMILES string of the molecule is Cc1ccc(S(=O)(=O)N2CCC(C(=O)Nc3cc(Cl)ccc3-n3cncn3)CC2)cc1. The Bertz CT molecular complexity index is 1170. The largest absolute Gasteiger partial charge is 0.324 e. The molecule has 2 aromatic carbocycles. The first kappa shape index (κ1) is 21.5. The van der Waals surface area contributed by atoms with Crippen molar-refractivity contribution in [3.8, 4) is 5.69 Å². The van der Waals surface area contributed by atoms with Crippen molar-refractivity contribution >= 4 is 33.2 Å². The van der Waals surface area contributed by atoms with Crippen LogP contribution in [0, 0.1) is 12.8 Å². The number of nitrogens with zero attached hydrogens (tertiary/aromatic N) is 4. The van der Waals surface area contributed by atoms with E-state index >= 15 is 0 Å². The minimum absolute atomic E-state index is 0.170. The Balaban J connectivity index is 1.44. The zero-order chi connectivity index (χ0) is 22.0. The molecule has 0 unspecified atom stereocenters. The van der Waals surface area contributed by atoms with E-state index in [1.807, 2.05) is 6.92 Å². The van der Waals surface area contributed by atoms with Crippen LogP contribution in [0.15, 0.2) is 60.0 Å². The third kappa shape index (κ3) is 4.63. The summed E-state index contributed by atoms with van der Waals surface area (Å²) in [7, 11) is -3.56. The van der Waals surface area contributed by atoms with Crippen LogP contribution in [0.3, 0.4) is 0 Å². The molecule has 31 heavy (non-hydrogen) atoms. The molecule has 162 valence electrons. The Morgan fingerprint density at radius 1 is 1.13 bits per heavy atom. The van der Waals surface area contributed by atoms with Crippen molar-refractivity contribution in [2.75, 3.05) is 18.4 Å². The summed E-state index contributed by atoms with van der Waals surface area (Å²) in [6.07, 6.45) is 3.82. The second kappa shape index (κ2) is 8.78. The number of nitrogens with one attached hydrogen (secondary N) is 1. The molecule has 0 spiro atoms. The van der Waals surface area contributed by atoms with Crippen molar-refractivity contribution in [1.29, 1.82) is 0 Å². The molecule has 1 N–H and O–H groups in total. The van der Waals surface area contributed by atoms with Gasteiger partial charge in [0.05, 0.1) is 16.3 Å². The monoisotopic (exact) mass is 459 g/mol. The van der Waals surface area contributed by atoms with Crippen molar-refractivity contribution in [3.63, 3.8) is 0 Å². The number of hydrogen-bond donors (Lipinski definition) is 1. The highest BCUT2D eigenvalue weighted by Crippen LogP contribution is 2.28. The van der Waals surface area contributed by atoms with Gasteiger partial charge in [-0.15, -0.1) is 0 Å². The fourth-order valence-corrected chi connectivity index (χ4v) is 5.24. The second-order valence-electron chi connectivity index (χ2n) is 7.48. The van der Waals surface area contributed by atoms with E-state index in [-0.39, 0.29) is 16.7 Å². The quantitative estimate of drug-likeness (QED) is 0.631. The number of carbonyl (C=O) groups excluding carboxylic acids is 1. The van der Waals surface area contributed by atoms with Crippen LogP contribution in [0.1, 0.15) is 18.4 Å². The first-order chi connectivity index (χ1) is 14.8.